The van der Waals surface area contributed by atoms with Crippen molar-refractivity contribution < 1.29 is 4.79 Å². The van der Waals surface area contributed by atoms with E-state index < -0.39 is 0 Å². The van der Waals surface area contributed by atoms with Gasteiger partial charge >= 0.3 is 0 Å². The zero-order valence-electron chi connectivity index (χ0n) is 11.3. The Labute approximate surface area is 113 Å². The molecule has 2 atom stereocenters. The molecule has 2 N–H and O–H groups in total. The minimum Gasteiger partial charge on any atom is -0.351 e. The summed E-state index contributed by atoms with van der Waals surface area (Å²) in [7, 11) is 0. The maximum atomic E-state index is 12.2. The first-order chi connectivity index (χ1) is 9.19. The smallest absolute Gasteiger partial charge is 0.244 e. The molecule has 0 radical (unpaired) electrons. The van der Waals surface area contributed by atoms with Crippen molar-refractivity contribution in [1.82, 2.24) is 25.4 Å². The third kappa shape index (κ3) is 2.49. The number of amides is 1. The second-order valence-corrected chi connectivity index (χ2v) is 5.81. The molecule has 2 heterocycles. The van der Waals surface area contributed by atoms with Gasteiger partial charge in [0.05, 0.1) is 0 Å². The van der Waals surface area contributed by atoms with Crippen molar-refractivity contribution in [1.29, 1.82) is 0 Å². The monoisotopic (exact) mass is 263 g/mol. The van der Waals surface area contributed by atoms with Crippen molar-refractivity contribution in [3.8, 4) is 0 Å². The number of hydrogen-bond acceptors (Lipinski definition) is 4. The number of nitrogens with one attached hydrogen (secondary N) is 2. The van der Waals surface area contributed by atoms with E-state index in [-0.39, 0.29) is 11.9 Å². The molecule has 1 saturated heterocycles. The summed E-state index contributed by atoms with van der Waals surface area (Å²) in [6, 6.07) is -0.00486. The van der Waals surface area contributed by atoms with Crippen LogP contribution < -0.4 is 10.6 Å². The van der Waals surface area contributed by atoms with Gasteiger partial charge in [0, 0.05) is 11.6 Å². The Hall–Kier alpha value is -1.43. The molecule has 2 aliphatic rings. The van der Waals surface area contributed by atoms with Crippen LogP contribution in [0.15, 0.2) is 12.7 Å². The number of rotatable bonds is 3. The van der Waals surface area contributed by atoms with Gasteiger partial charge in [-0.3, -0.25) is 4.79 Å². The van der Waals surface area contributed by atoms with Gasteiger partial charge in [0.25, 0.3) is 0 Å². The van der Waals surface area contributed by atoms with Gasteiger partial charge in [-0.25, -0.2) is 9.67 Å². The van der Waals surface area contributed by atoms with Gasteiger partial charge in [0.2, 0.25) is 5.91 Å². The molecule has 1 spiro atoms. The zero-order valence-corrected chi connectivity index (χ0v) is 11.3. The van der Waals surface area contributed by atoms with E-state index in [0.717, 1.165) is 19.4 Å². The number of piperidine rings is 1. The predicted octanol–water partition coefficient (Wildman–Crippen LogP) is 0.630. The Morgan fingerprint density at radius 3 is 3.05 bits per heavy atom. The van der Waals surface area contributed by atoms with E-state index in [2.05, 4.69) is 20.7 Å². The maximum absolute atomic E-state index is 12.2. The van der Waals surface area contributed by atoms with Crippen LogP contribution in [-0.4, -0.2) is 38.8 Å². The molecule has 1 aliphatic carbocycles. The van der Waals surface area contributed by atoms with Crippen LogP contribution >= 0.6 is 0 Å². The van der Waals surface area contributed by atoms with E-state index in [9.17, 15) is 4.79 Å². The van der Waals surface area contributed by atoms with Gasteiger partial charge in [-0.15, -0.1) is 0 Å². The number of nitrogens with zero attached hydrogens (tertiary/aromatic N) is 3. The summed E-state index contributed by atoms with van der Waals surface area (Å²) in [5.74, 6) is 0.0341. The lowest BCUT2D eigenvalue weighted by molar-refractivity contribution is -0.125. The highest BCUT2D eigenvalue weighted by Gasteiger charge is 2.41. The summed E-state index contributed by atoms with van der Waals surface area (Å²) in [4.78, 5) is 16.1. The Bertz CT molecular complexity index is 440. The lowest BCUT2D eigenvalue weighted by Crippen LogP contribution is -2.60. The molecule has 1 aromatic rings. The molecule has 3 rings (SSSR count). The van der Waals surface area contributed by atoms with Crippen LogP contribution in [-0.2, 0) is 4.79 Å². The molecule has 1 aliphatic heterocycles. The summed E-state index contributed by atoms with van der Waals surface area (Å²) in [5, 5.41) is 10.8. The van der Waals surface area contributed by atoms with Gasteiger partial charge in [0.15, 0.2) is 0 Å². The SMILES string of the molecule is CC(C(=O)NC1CCNC2(CCC2)C1)n1cncn1. The molecule has 6 heteroatoms. The first-order valence-corrected chi connectivity index (χ1v) is 7.08. The Morgan fingerprint density at radius 1 is 1.58 bits per heavy atom. The molecule has 0 bridgehead atoms. The van der Waals surface area contributed by atoms with Gasteiger partial charge in [0.1, 0.15) is 18.7 Å². The van der Waals surface area contributed by atoms with Crippen molar-refractivity contribution >= 4 is 5.91 Å². The second-order valence-electron chi connectivity index (χ2n) is 5.81. The van der Waals surface area contributed by atoms with E-state index >= 15 is 0 Å². The molecule has 1 saturated carbocycles. The Balaban J connectivity index is 1.57. The Morgan fingerprint density at radius 2 is 2.42 bits per heavy atom. The quantitative estimate of drug-likeness (QED) is 0.839. The summed E-state index contributed by atoms with van der Waals surface area (Å²) < 4.78 is 1.59. The van der Waals surface area contributed by atoms with Crippen molar-refractivity contribution in [2.45, 2.75) is 56.7 Å². The van der Waals surface area contributed by atoms with Crippen LogP contribution in [0.2, 0.25) is 0 Å². The molecule has 2 fully saturated rings. The van der Waals surface area contributed by atoms with E-state index in [1.54, 1.807) is 11.0 Å². The normalized spacial score (nSPS) is 26.7. The molecule has 2 unspecified atom stereocenters. The fourth-order valence-electron chi connectivity index (χ4n) is 3.12. The summed E-state index contributed by atoms with van der Waals surface area (Å²) in [5.41, 5.74) is 0.312. The lowest BCUT2D eigenvalue weighted by Gasteiger charge is -2.48. The van der Waals surface area contributed by atoms with Gasteiger partial charge in [-0.05, 0) is 45.6 Å². The lowest BCUT2D eigenvalue weighted by atomic mass is 9.70. The van der Waals surface area contributed by atoms with Gasteiger partial charge in [-0.1, -0.05) is 0 Å². The van der Waals surface area contributed by atoms with Crippen LogP contribution in [0, 0.1) is 0 Å². The van der Waals surface area contributed by atoms with Gasteiger partial charge < -0.3 is 10.6 Å². The molecule has 1 amide bonds. The summed E-state index contributed by atoms with van der Waals surface area (Å²) in [6.07, 6.45) is 8.91. The van der Waals surface area contributed by atoms with Crippen LogP contribution in [0.4, 0.5) is 0 Å². The van der Waals surface area contributed by atoms with Crippen molar-refractivity contribution in [3.63, 3.8) is 0 Å². The van der Waals surface area contributed by atoms with Gasteiger partial charge in [-0.2, -0.15) is 5.10 Å². The third-order valence-electron chi connectivity index (χ3n) is 4.50. The minimum absolute atomic E-state index is 0.0341. The van der Waals surface area contributed by atoms with Crippen LogP contribution in [0.3, 0.4) is 0 Å². The highest BCUT2D eigenvalue weighted by atomic mass is 16.2. The average Bonchev–Trinajstić information content (AvgIpc) is 2.90. The van der Waals surface area contributed by atoms with Crippen molar-refractivity contribution in [3.05, 3.63) is 12.7 Å². The molecule has 104 valence electrons. The molecule has 6 nitrogen and oxygen atoms in total. The second kappa shape index (κ2) is 4.92. The minimum atomic E-state index is -0.297. The molecular weight excluding hydrogens is 242 g/mol. The largest absolute Gasteiger partial charge is 0.351 e. The van der Waals surface area contributed by atoms with E-state index in [1.165, 1.54) is 25.6 Å². The molecule has 19 heavy (non-hydrogen) atoms. The van der Waals surface area contributed by atoms with Crippen molar-refractivity contribution in [2.75, 3.05) is 6.54 Å². The van der Waals surface area contributed by atoms with Crippen LogP contribution in [0.1, 0.15) is 45.1 Å². The molecular formula is C13H21N5O. The topological polar surface area (TPSA) is 71.8 Å². The standard InChI is InChI=1S/C13H21N5O/c1-10(18-9-14-8-16-18)12(19)17-11-3-6-15-13(7-11)4-2-5-13/h8-11,15H,2-7H2,1H3,(H,17,19). The van der Waals surface area contributed by atoms with E-state index in [0.29, 0.717) is 11.6 Å². The average molecular weight is 263 g/mol. The predicted molar refractivity (Wildman–Crippen MR) is 70.5 cm³/mol. The van der Waals surface area contributed by atoms with Crippen molar-refractivity contribution in [2.24, 2.45) is 0 Å². The fourth-order valence-corrected chi connectivity index (χ4v) is 3.12. The molecule has 0 aromatic carbocycles. The number of carbonyl (C=O) groups is 1. The first kappa shape index (κ1) is 12.6. The van der Waals surface area contributed by atoms with E-state index in [1.807, 2.05) is 6.92 Å². The highest BCUT2D eigenvalue weighted by Crippen LogP contribution is 2.38. The fraction of sp³-hybridized carbons (Fsp3) is 0.769. The van der Waals surface area contributed by atoms with Crippen LogP contribution in [0.25, 0.3) is 0 Å². The third-order valence-corrected chi connectivity index (χ3v) is 4.50. The van der Waals surface area contributed by atoms with Crippen LogP contribution in [0.5, 0.6) is 0 Å². The first-order valence-electron chi connectivity index (χ1n) is 7.08. The maximum Gasteiger partial charge on any atom is 0.244 e. The summed E-state index contributed by atoms with van der Waals surface area (Å²) >= 11 is 0. The zero-order chi connectivity index (χ0) is 13.3. The number of aromatic nitrogens is 3. The number of carbonyl (C=O) groups excluding carboxylic acids is 1. The Kier molecular flexibility index (Phi) is 3.26. The van der Waals surface area contributed by atoms with E-state index in [4.69, 9.17) is 0 Å². The summed E-state index contributed by atoms with van der Waals surface area (Å²) in [6.45, 7) is 2.85. The number of hydrogen-bond donors (Lipinski definition) is 2. The molecule has 1 aromatic heterocycles. The highest BCUT2D eigenvalue weighted by molar-refractivity contribution is 5.80.